The zero-order chi connectivity index (χ0) is 41.1. The maximum Gasteiger partial charge on any atom is 0.425 e. The van der Waals surface area contributed by atoms with E-state index in [2.05, 4.69) is 71.9 Å². The molecule has 306 valence electrons. The van der Waals surface area contributed by atoms with Crippen LogP contribution in [-0.4, -0.2) is 99.6 Å². The van der Waals surface area contributed by atoms with E-state index in [0.29, 0.717) is 17.0 Å². The summed E-state index contributed by atoms with van der Waals surface area (Å²) in [5.41, 5.74) is 2.34. The molecular formula is C41H57N7O7Si2. The summed E-state index contributed by atoms with van der Waals surface area (Å²) in [6, 6.07) is 18.5. The SMILES string of the molecule is C=CCO[C@@H]1[C@@H]2O[Si](C(C)C)(C(C)C)O[Si](C(C)C)(C(C)C)OC[C@H]2O[C@H]1n1cnc2c(OC(=O)N(c3ccccc3)c3ccccc3)nc(/N=C/N(C)C)nc21. The van der Waals surface area contributed by atoms with Gasteiger partial charge in [-0.25, -0.2) is 19.7 Å². The van der Waals surface area contributed by atoms with Crippen LogP contribution in [0.15, 0.2) is 84.6 Å². The van der Waals surface area contributed by atoms with E-state index in [1.807, 2.05) is 74.8 Å². The fourth-order valence-corrected chi connectivity index (χ4v) is 18.9. The summed E-state index contributed by atoms with van der Waals surface area (Å²) >= 11 is 0. The zero-order valence-corrected chi connectivity index (χ0v) is 36.7. The molecule has 14 nitrogen and oxygen atoms in total. The van der Waals surface area contributed by atoms with Crippen LogP contribution in [0, 0.1) is 0 Å². The van der Waals surface area contributed by atoms with Gasteiger partial charge in [-0.3, -0.25) is 4.57 Å². The third-order valence-electron chi connectivity index (χ3n) is 10.5. The monoisotopic (exact) mass is 815 g/mol. The van der Waals surface area contributed by atoms with Crippen molar-refractivity contribution < 1.29 is 32.0 Å². The Bertz CT molecular complexity index is 1960. The smallest absolute Gasteiger partial charge is 0.414 e. The lowest BCUT2D eigenvalue weighted by Crippen LogP contribution is -2.66. The third kappa shape index (κ3) is 8.48. The molecule has 0 unspecified atom stereocenters. The van der Waals surface area contributed by atoms with E-state index in [4.69, 9.17) is 37.1 Å². The molecule has 1 amide bonds. The predicted molar refractivity (Wildman–Crippen MR) is 226 cm³/mol. The lowest BCUT2D eigenvalue weighted by Gasteiger charge is -2.51. The van der Waals surface area contributed by atoms with Crippen LogP contribution in [0.4, 0.5) is 22.1 Å². The number of nitrogens with zero attached hydrogens (tertiary/aromatic N) is 7. The fraction of sp³-hybridized carbons (Fsp3) is 0.488. The van der Waals surface area contributed by atoms with E-state index in [-0.39, 0.29) is 52.7 Å². The number of ether oxygens (including phenoxy) is 3. The van der Waals surface area contributed by atoms with Crippen molar-refractivity contribution in [3.05, 3.63) is 79.6 Å². The minimum Gasteiger partial charge on any atom is -0.414 e. The number of imidazole rings is 1. The topological polar surface area (TPSA) is 135 Å². The molecule has 0 N–H and O–H groups in total. The summed E-state index contributed by atoms with van der Waals surface area (Å²) in [4.78, 5) is 36.1. The molecule has 2 aliphatic heterocycles. The Morgan fingerprint density at radius 1 is 0.930 bits per heavy atom. The first kappa shape index (κ1) is 42.3. The molecular weight excluding hydrogens is 759 g/mol. The summed E-state index contributed by atoms with van der Waals surface area (Å²) in [5, 5.41) is 0. The normalized spacial score (nSPS) is 21.9. The van der Waals surface area contributed by atoms with Crippen LogP contribution in [0.25, 0.3) is 11.2 Å². The van der Waals surface area contributed by atoms with Gasteiger partial charge in [0.25, 0.3) is 11.8 Å². The minimum atomic E-state index is -3.03. The molecule has 6 rings (SSSR count). The second-order valence-corrected chi connectivity index (χ2v) is 24.8. The number of amides is 1. The molecule has 2 fully saturated rings. The van der Waals surface area contributed by atoms with Gasteiger partial charge >= 0.3 is 23.2 Å². The van der Waals surface area contributed by atoms with Crippen molar-refractivity contribution in [3.63, 3.8) is 0 Å². The lowest BCUT2D eigenvalue weighted by atomic mass is 10.1. The fourth-order valence-electron chi connectivity index (χ4n) is 7.71. The molecule has 0 aliphatic carbocycles. The molecule has 2 saturated heterocycles. The molecule has 0 bridgehead atoms. The first-order chi connectivity index (χ1) is 27.2. The van der Waals surface area contributed by atoms with Gasteiger partial charge in [0.15, 0.2) is 17.4 Å². The first-order valence-electron chi connectivity index (χ1n) is 19.7. The van der Waals surface area contributed by atoms with Gasteiger partial charge in [-0.05, 0) is 46.4 Å². The summed E-state index contributed by atoms with van der Waals surface area (Å²) < 4.78 is 43.4. The highest BCUT2D eigenvalue weighted by atomic mass is 28.5. The van der Waals surface area contributed by atoms with Crippen molar-refractivity contribution in [1.82, 2.24) is 24.4 Å². The minimum absolute atomic E-state index is 0.0583. The number of anilines is 2. The van der Waals surface area contributed by atoms with Crippen molar-refractivity contribution >= 4 is 58.0 Å². The highest BCUT2D eigenvalue weighted by Gasteiger charge is 2.62. The second-order valence-electron chi connectivity index (χ2n) is 15.9. The van der Waals surface area contributed by atoms with Gasteiger partial charge in [0.2, 0.25) is 0 Å². The van der Waals surface area contributed by atoms with E-state index in [1.165, 1.54) is 4.90 Å². The number of carbonyl (C=O) groups excluding carboxylic acids is 1. The number of fused-ring (bicyclic) bond motifs is 2. The molecule has 2 aliphatic rings. The number of hydrogen-bond donors (Lipinski definition) is 0. The van der Waals surface area contributed by atoms with Crippen molar-refractivity contribution in [3.8, 4) is 5.88 Å². The first-order valence-corrected chi connectivity index (χ1v) is 23.6. The van der Waals surface area contributed by atoms with Crippen molar-refractivity contribution in [2.45, 2.75) is 102 Å². The van der Waals surface area contributed by atoms with Crippen LogP contribution < -0.4 is 9.64 Å². The molecule has 2 aromatic heterocycles. The zero-order valence-electron chi connectivity index (χ0n) is 34.7. The van der Waals surface area contributed by atoms with Gasteiger partial charge in [-0.1, -0.05) is 97.9 Å². The summed E-state index contributed by atoms with van der Waals surface area (Å²) in [5.74, 6) is -0.00858. The highest BCUT2D eigenvalue weighted by Crippen LogP contribution is 2.49. The van der Waals surface area contributed by atoms with Crippen LogP contribution in [-0.2, 0) is 22.4 Å². The molecule has 4 atom stereocenters. The Morgan fingerprint density at radius 3 is 2.07 bits per heavy atom. The largest absolute Gasteiger partial charge is 0.425 e. The summed E-state index contributed by atoms with van der Waals surface area (Å²) in [7, 11) is -2.19. The number of hydrogen-bond acceptors (Lipinski definition) is 11. The van der Waals surface area contributed by atoms with Crippen molar-refractivity contribution in [1.29, 1.82) is 0 Å². The van der Waals surface area contributed by atoms with Gasteiger partial charge in [0.05, 0.1) is 37.3 Å². The third-order valence-corrected chi connectivity index (χ3v) is 20.7. The molecule has 0 saturated carbocycles. The lowest BCUT2D eigenvalue weighted by molar-refractivity contribution is -0.0642. The number of benzene rings is 2. The van der Waals surface area contributed by atoms with Crippen molar-refractivity contribution in [2.24, 2.45) is 4.99 Å². The van der Waals surface area contributed by atoms with Gasteiger partial charge in [-0.2, -0.15) is 9.97 Å². The maximum atomic E-state index is 14.2. The number of para-hydroxylation sites is 2. The number of rotatable bonds is 13. The van der Waals surface area contributed by atoms with Crippen LogP contribution >= 0.6 is 0 Å². The van der Waals surface area contributed by atoms with Gasteiger partial charge < -0.3 is 32.1 Å². The van der Waals surface area contributed by atoms with Crippen molar-refractivity contribution in [2.75, 3.05) is 32.2 Å². The molecule has 16 heteroatoms. The van der Waals surface area contributed by atoms with Crippen LogP contribution in [0.5, 0.6) is 5.88 Å². The Kier molecular flexibility index (Phi) is 13.1. The van der Waals surface area contributed by atoms with Gasteiger partial charge in [0.1, 0.15) is 18.3 Å². The molecule has 2 aromatic carbocycles. The average molecular weight is 816 g/mol. The maximum absolute atomic E-state index is 14.2. The number of aromatic nitrogens is 4. The Hall–Kier alpha value is -4.30. The standard InChI is InChI=1S/C41H57N7O7Si2/c1-12-23-50-36-35-33(24-51-56(27(2)3,28(4)5)55-57(54-35,29(6)7)30(8)9)52-39(36)47-26-42-34-37(47)44-40(43-25-46(10)11)45-38(34)53-41(49)48(31-19-15-13-16-20-31)32-21-17-14-18-22-32/h12-22,25-30,33,35-36,39H,1,23-24H2,2-11H3/b43-25+/t33-,35-,36-,39-/m1/s1. The van der Waals surface area contributed by atoms with Crippen LogP contribution in [0.1, 0.15) is 61.6 Å². The molecule has 0 spiro atoms. The highest BCUT2D eigenvalue weighted by molar-refractivity contribution is 6.84. The summed E-state index contributed by atoms with van der Waals surface area (Å²) in [6.07, 6.45) is 1.72. The second kappa shape index (κ2) is 17.7. The molecule has 57 heavy (non-hydrogen) atoms. The van der Waals surface area contributed by atoms with E-state index >= 15 is 0 Å². The Labute approximate surface area is 338 Å². The number of carbonyl (C=O) groups is 1. The molecule has 0 radical (unpaired) electrons. The Balaban J connectivity index is 1.46. The number of aliphatic imine (C=N–C) groups is 1. The predicted octanol–water partition coefficient (Wildman–Crippen LogP) is 8.81. The van der Waals surface area contributed by atoms with Gasteiger partial charge in [0, 0.05) is 14.1 Å². The summed E-state index contributed by atoms with van der Waals surface area (Å²) in [6.45, 7) is 21.9. The van der Waals surface area contributed by atoms with E-state index in [9.17, 15) is 4.79 Å². The van der Waals surface area contributed by atoms with Crippen LogP contribution in [0.3, 0.4) is 0 Å². The average Bonchev–Trinajstić information content (AvgIpc) is 3.74. The van der Waals surface area contributed by atoms with Crippen LogP contribution in [0.2, 0.25) is 22.2 Å². The molecule has 4 heterocycles. The Morgan fingerprint density at radius 2 is 1.53 bits per heavy atom. The van der Waals surface area contributed by atoms with E-state index in [0.717, 1.165) is 0 Å². The van der Waals surface area contributed by atoms with E-state index in [1.54, 1.807) is 28.2 Å². The van der Waals surface area contributed by atoms with E-state index < -0.39 is 47.8 Å². The van der Waals surface area contributed by atoms with Gasteiger partial charge in [-0.15, -0.1) is 6.58 Å². The quantitative estimate of drug-likeness (QED) is 0.0555. The molecule has 4 aromatic rings.